The fourth-order valence-electron chi connectivity index (χ4n) is 3.18. The molecule has 0 radical (unpaired) electrons. The molecule has 0 saturated heterocycles. The van der Waals surface area contributed by atoms with Crippen LogP contribution in [0.5, 0.6) is 0 Å². The van der Waals surface area contributed by atoms with Gasteiger partial charge in [0.25, 0.3) is 0 Å². The average Bonchev–Trinajstić information content (AvgIpc) is 3.17. The first-order valence-electron chi connectivity index (χ1n) is 8.35. The highest BCUT2D eigenvalue weighted by Gasteiger charge is 2.37. The Morgan fingerprint density at radius 3 is 2.79 bits per heavy atom. The van der Waals surface area contributed by atoms with Crippen molar-refractivity contribution in [3.63, 3.8) is 0 Å². The van der Waals surface area contributed by atoms with E-state index in [0.29, 0.717) is 11.7 Å². The Hall–Kier alpha value is -1.60. The van der Waals surface area contributed by atoms with Gasteiger partial charge in [0, 0.05) is 17.8 Å². The summed E-state index contributed by atoms with van der Waals surface area (Å²) in [5.74, 6) is -0.287. The van der Waals surface area contributed by atoms with E-state index in [1.165, 1.54) is 4.68 Å². The minimum Gasteiger partial charge on any atom is -0.352 e. The van der Waals surface area contributed by atoms with Crippen molar-refractivity contribution in [1.29, 1.82) is 0 Å². The molecular weight excluding hydrogens is 330 g/mol. The van der Waals surface area contributed by atoms with Gasteiger partial charge in [0.05, 0.1) is 17.8 Å². The SMILES string of the molecule is CC1(N)CCCCC1C(=O)Nc1cnn(CC(=O)NC2CC2)c1.Cl. The Morgan fingerprint density at radius 1 is 1.38 bits per heavy atom. The van der Waals surface area contributed by atoms with Crippen LogP contribution in [-0.4, -0.2) is 33.2 Å². The van der Waals surface area contributed by atoms with E-state index >= 15 is 0 Å². The van der Waals surface area contributed by atoms with E-state index in [1.54, 1.807) is 12.4 Å². The number of carbonyl (C=O) groups is 2. The second kappa shape index (κ2) is 7.53. The molecule has 2 unspecified atom stereocenters. The van der Waals surface area contributed by atoms with Crippen LogP contribution >= 0.6 is 12.4 Å². The molecule has 1 heterocycles. The van der Waals surface area contributed by atoms with E-state index in [0.717, 1.165) is 38.5 Å². The summed E-state index contributed by atoms with van der Waals surface area (Å²) in [5.41, 5.74) is 6.42. The number of carbonyl (C=O) groups excluding carboxylic acids is 2. The summed E-state index contributed by atoms with van der Waals surface area (Å²) in [6.07, 6.45) is 9.16. The van der Waals surface area contributed by atoms with Crippen LogP contribution in [-0.2, 0) is 16.1 Å². The Kier molecular flexibility index (Phi) is 5.87. The third-order valence-electron chi connectivity index (χ3n) is 4.72. The van der Waals surface area contributed by atoms with Crippen LogP contribution in [0, 0.1) is 5.92 Å². The molecule has 0 aromatic carbocycles. The quantitative estimate of drug-likeness (QED) is 0.743. The van der Waals surface area contributed by atoms with Gasteiger partial charge in [-0.15, -0.1) is 12.4 Å². The third-order valence-corrected chi connectivity index (χ3v) is 4.72. The smallest absolute Gasteiger partial charge is 0.241 e. The normalized spacial score (nSPS) is 26.3. The number of nitrogens with zero attached hydrogens (tertiary/aromatic N) is 2. The van der Waals surface area contributed by atoms with Gasteiger partial charge in [-0.25, -0.2) is 0 Å². The van der Waals surface area contributed by atoms with Crippen molar-refractivity contribution in [2.75, 3.05) is 5.32 Å². The minimum atomic E-state index is -0.456. The zero-order valence-electron chi connectivity index (χ0n) is 14.0. The molecule has 134 valence electrons. The Labute approximate surface area is 148 Å². The Morgan fingerprint density at radius 2 is 2.12 bits per heavy atom. The Bertz CT molecular complexity index is 597. The maximum Gasteiger partial charge on any atom is 0.241 e. The fraction of sp³-hybridized carbons (Fsp3) is 0.688. The van der Waals surface area contributed by atoms with Crippen molar-refractivity contribution in [1.82, 2.24) is 15.1 Å². The molecular formula is C16H26ClN5O2. The van der Waals surface area contributed by atoms with Crippen molar-refractivity contribution in [3.8, 4) is 0 Å². The van der Waals surface area contributed by atoms with E-state index in [4.69, 9.17) is 5.73 Å². The first kappa shape index (κ1) is 18.7. The zero-order valence-corrected chi connectivity index (χ0v) is 14.8. The van der Waals surface area contributed by atoms with E-state index in [9.17, 15) is 9.59 Å². The van der Waals surface area contributed by atoms with Gasteiger partial charge >= 0.3 is 0 Å². The molecule has 3 rings (SSSR count). The highest BCUT2D eigenvalue weighted by atomic mass is 35.5. The highest BCUT2D eigenvalue weighted by Crippen LogP contribution is 2.32. The lowest BCUT2D eigenvalue weighted by molar-refractivity contribution is -0.123. The van der Waals surface area contributed by atoms with Gasteiger partial charge in [-0.1, -0.05) is 12.8 Å². The number of amides is 2. The molecule has 2 amide bonds. The largest absolute Gasteiger partial charge is 0.352 e. The molecule has 24 heavy (non-hydrogen) atoms. The number of hydrogen-bond donors (Lipinski definition) is 3. The molecule has 0 bridgehead atoms. The molecule has 2 aliphatic rings. The topological polar surface area (TPSA) is 102 Å². The standard InChI is InChI=1S/C16H25N5O2.ClH/c1-16(17)7-3-2-4-13(16)15(23)20-12-8-18-21(9-12)10-14(22)19-11-5-6-11;/h8-9,11,13H,2-7,10,17H2,1H3,(H,19,22)(H,20,23);1H. The third kappa shape index (κ3) is 4.70. The number of nitrogens with two attached hydrogens (primary N) is 1. The molecule has 7 nitrogen and oxygen atoms in total. The van der Waals surface area contributed by atoms with Crippen LogP contribution in [0.4, 0.5) is 5.69 Å². The summed E-state index contributed by atoms with van der Waals surface area (Å²) in [4.78, 5) is 24.2. The lowest BCUT2D eigenvalue weighted by atomic mass is 9.74. The van der Waals surface area contributed by atoms with Crippen molar-refractivity contribution in [2.24, 2.45) is 11.7 Å². The minimum absolute atomic E-state index is 0. The molecule has 0 spiro atoms. The van der Waals surface area contributed by atoms with Crippen molar-refractivity contribution in [2.45, 2.75) is 63.6 Å². The van der Waals surface area contributed by atoms with E-state index < -0.39 is 5.54 Å². The van der Waals surface area contributed by atoms with Crippen LogP contribution < -0.4 is 16.4 Å². The lowest BCUT2D eigenvalue weighted by Crippen LogP contribution is -2.51. The van der Waals surface area contributed by atoms with Crippen LogP contribution in [0.2, 0.25) is 0 Å². The number of rotatable bonds is 5. The number of hydrogen-bond acceptors (Lipinski definition) is 4. The monoisotopic (exact) mass is 355 g/mol. The van der Waals surface area contributed by atoms with Crippen LogP contribution in [0.25, 0.3) is 0 Å². The molecule has 2 aliphatic carbocycles. The van der Waals surface area contributed by atoms with Crippen molar-refractivity contribution >= 4 is 29.9 Å². The second-order valence-corrected chi connectivity index (χ2v) is 7.06. The fourth-order valence-corrected chi connectivity index (χ4v) is 3.18. The molecule has 4 N–H and O–H groups in total. The number of nitrogens with one attached hydrogen (secondary N) is 2. The van der Waals surface area contributed by atoms with Crippen LogP contribution in [0.15, 0.2) is 12.4 Å². The highest BCUT2D eigenvalue weighted by molar-refractivity contribution is 5.93. The molecule has 8 heteroatoms. The average molecular weight is 356 g/mol. The number of anilines is 1. The summed E-state index contributed by atoms with van der Waals surface area (Å²) in [6, 6.07) is 0.339. The van der Waals surface area contributed by atoms with E-state index in [2.05, 4.69) is 15.7 Å². The van der Waals surface area contributed by atoms with Crippen molar-refractivity contribution in [3.05, 3.63) is 12.4 Å². The maximum atomic E-state index is 12.5. The van der Waals surface area contributed by atoms with E-state index in [-0.39, 0.29) is 36.7 Å². The van der Waals surface area contributed by atoms with Crippen LogP contribution in [0.1, 0.15) is 45.4 Å². The lowest BCUT2D eigenvalue weighted by Gasteiger charge is -2.37. The summed E-state index contributed by atoms with van der Waals surface area (Å²) in [7, 11) is 0. The Balaban J connectivity index is 0.00000208. The van der Waals surface area contributed by atoms with Gasteiger partial charge in [0.2, 0.25) is 11.8 Å². The molecule has 2 fully saturated rings. The van der Waals surface area contributed by atoms with Crippen molar-refractivity contribution < 1.29 is 9.59 Å². The predicted octanol–water partition coefficient (Wildman–Crippen LogP) is 1.43. The molecule has 2 saturated carbocycles. The summed E-state index contributed by atoms with van der Waals surface area (Å²) in [5, 5.41) is 9.92. The summed E-state index contributed by atoms with van der Waals surface area (Å²) in [6.45, 7) is 2.12. The van der Waals surface area contributed by atoms with Gasteiger partial charge < -0.3 is 16.4 Å². The van der Waals surface area contributed by atoms with Gasteiger partial charge in [-0.05, 0) is 32.6 Å². The first-order valence-corrected chi connectivity index (χ1v) is 8.35. The van der Waals surface area contributed by atoms with E-state index in [1.807, 2.05) is 6.92 Å². The molecule has 1 aromatic rings. The first-order chi connectivity index (χ1) is 10.9. The van der Waals surface area contributed by atoms with Gasteiger partial charge in [0.15, 0.2) is 0 Å². The molecule has 0 aliphatic heterocycles. The van der Waals surface area contributed by atoms with Gasteiger partial charge in [-0.3, -0.25) is 14.3 Å². The summed E-state index contributed by atoms with van der Waals surface area (Å²) < 4.78 is 1.54. The second-order valence-electron chi connectivity index (χ2n) is 7.06. The molecule has 1 aromatic heterocycles. The zero-order chi connectivity index (χ0) is 16.4. The number of halogens is 1. The predicted molar refractivity (Wildman–Crippen MR) is 93.8 cm³/mol. The van der Waals surface area contributed by atoms with Gasteiger partial charge in [0.1, 0.15) is 6.54 Å². The summed E-state index contributed by atoms with van der Waals surface area (Å²) >= 11 is 0. The maximum absolute atomic E-state index is 12.5. The number of aromatic nitrogens is 2. The van der Waals surface area contributed by atoms with Gasteiger partial charge in [-0.2, -0.15) is 5.10 Å². The van der Waals surface area contributed by atoms with Crippen LogP contribution in [0.3, 0.4) is 0 Å². The molecule has 2 atom stereocenters.